The molecule has 206 valence electrons. The van der Waals surface area contributed by atoms with Crippen molar-refractivity contribution in [3.05, 3.63) is 0 Å². The summed E-state index contributed by atoms with van der Waals surface area (Å²) in [7, 11) is 0. The Morgan fingerprint density at radius 2 is 0.750 bits per heavy atom. The zero-order valence-corrected chi connectivity index (χ0v) is 20.7. The first kappa shape index (κ1) is 32.7. The van der Waals surface area contributed by atoms with Crippen molar-refractivity contribution < 1.29 is 72.5 Å². The molecule has 15 nitrogen and oxygen atoms in total. The third-order valence-corrected chi connectivity index (χ3v) is 4.00. The van der Waals surface area contributed by atoms with Gasteiger partial charge in [0.2, 0.25) is 0 Å². The maximum atomic E-state index is 12.3. The molecule has 0 aliphatic heterocycles. The van der Waals surface area contributed by atoms with Crippen molar-refractivity contribution in [1.82, 2.24) is 0 Å². The van der Waals surface area contributed by atoms with E-state index in [2.05, 4.69) is 9.47 Å². The number of carbonyl (C=O) groups is 6. The first-order chi connectivity index (χ1) is 16.6. The van der Waals surface area contributed by atoms with Crippen molar-refractivity contribution in [2.75, 3.05) is 13.2 Å². The van der Waals surface area contributed by atoms with Crippen LogP contribution in [0.15, 0.2) is 0 Å². The summed E-state index contributed by atoms with van der Waals surface area (Å²) in [5.74, 6) is -6.63. The van der Waals surface area contributed by atoms with E-state index in [0.717, 1.165) is 41.5 Å². The molecule has 0 heterocycles. The molecule has 0 aliphatic rings. The number of hydrogen-bond donors (Lipinski definition) is 3. The van der Waals surface area contributed by atoms with Crippen LogP contribution in [-0.4, -0.2) is 107 Å². The molecule has 0 aromatic carbocycles. The molecule has 3 N–H and O–H groups in total. The topological polar surface area (TPSA) is 218 Å². The lowest BCUT2D eigenvalue weighted by atomic mass is 10.3. The first-order valence-corrected chi connectivity index (χ1v) is 10.8. The number of aliphatic hydroxyl groups is 3. The lowest BCUT2D eigenvalue weighted by molar-refractivity contribution is -0.185. The molecule has 6 atom stereocenters. The van der Waals surface area contributed by atoms with Crippen molar-refractivity contribution in [2.24, 2.45) is 0 Å². The van der Waals surface area contributed by atoms with Gasteiger partial charge in [0.25, 0.3) is 0 Å². The van der Waals surface area contributed by atoms with Gasteiger partial charge in [0.15, 0.2) is 24.4 Å². The van der Waals surface area contributed by atoms with Crippen LogP contribution < -0.4 is 0 Å². The minimum Gasteiger partial charge on any atom is -0.459 e. The average Bonchev–Trinajstić information content (AvgIpc) is 2.79. The standard InChI is InChI=1S/C21H32O15/c1-9(22)16(25)33-12(4)19(28)31-7-15(36-21(30)14(6)35-18(27)11(3)24)8-32-20(29)13(5)34-17(26)10(2)23/h9-15,22-24H,7-8H2,1-6H3. The van der Waals surface area contributed by atoms with E-state index in [1.807, 2.05) is 0 Å². The number of rotatable bonds is 14. The van der Waals surface area contributed by atoms with Crippen LogP contribution in [-0.2, 0) is 57.2 Å². The second-order valence-electron chi connectivity index (χ2n) is 7.58. The summed E-state index contributed by atoms with van der Waals surface area (Å²) in [6.45, 7) is 5.36. The van der Waals surface area contributed by atoms with E-state index in [1.54, 1.807) is 0 Å². The van der Waals surface area contributed by atoms with Crippen LogP contribution in [0.25, 0.3) is 0 Å². The minimum absolute atomic E-state index is 0.715. The van der Waals surface area contributed by atoms with E-state index >= 15 is 0 Å². The van der Waals surface area contributed by atoms with Gasteiger partial charge in [-0.05, 0) is 41.5 Å². The zero-order valence-electron chi connectivity index (χ0n) is 20.7. The lowest BCUT2D eigenvalue weighted by Gasteiger charge is -2.22. The van der Waals surface area contributed by atoms with Crippen LogP contribution >= 0.6 is 0 Å². The maximum absolute atomic E-state index is 12.3. The molecule has 0 aromatic heterocycles. The monoisotopic (exact) mass is 524 g/mol. The molecule has 0 bridgehead atoms. The highest BCUT2D eigenvalue weighted by Crippen LogP contribution is 2.07. The number of esters is 6. The number of aliphatic hydroxyl groups excluding tert-OH is 3. The molecular weight excluding hydrogens is 492 g/mol. The van der Waals surface area contributed by atoms with Crippen LogP contribution in [0.3, 0.4) is 0 Å². The van der Waals surface area contributed by atoms with Gasteiger partial charge in [-0.25, -0.2) is 28.8 Å². The highest BCUT2D eigenvalue weighted by molar-refractivity contribution is 5.82. The molecular formula is C21H32O15. The number of hydrogen-bond acceptors (Lipinski definition) is 15. The highest BCUT2D eigenvalue weighted by atomic mass is 16.6. The molecule has 0 spiro atoms. The van der Waals surface area contributed by atoms with E-state index in [0.29, 0.717) is 0 Å². The SMILES string of the molecule is CC(O)C(=O)OC(C)C(=O)OCC(COC(=O)C(C)OC(=O)C(C)O)OC(=O)C(C)OC(=O)C(C)O. The van der Waals surface area contributed by atoms with Gasteiger partial charge in [-0.15, -0.1) is 0 Å². The quantitative estimate of drug-likeness (QED) is 0.164. The first-order valence-electron chi connectivity index (χ1n) is 10.8. The smallest absolute Gasteiger partial charge is 0.347 e. The zero-order chi connectivity index (χ0) is 28.2. The van der Waals surface area contributed by atoms with Crippen LogP contribution in [0.2, 0.25) is 0 Å². The highest BCUT2D eigenvalue weighted by Gasteiger charge is 2.29. The fourth-order valence-corrected chi connectivity index (χ4v) is 1.92. The molecule has 0 radical (unpaired) electrons. The Morgan fingerprint density at radius 1 is 0.472 bits per heavy atom. The molecule has 0 amide bonds. The molecule has 15 heteroatoms. The van der Waals surface area contributed by atoms with Gasteiger partial charge < -0.3 is 43.7 Å². The number of ether oxygens (including phenoxy) is 6. The average molecular weight is 524 g/mol. The Kier molecular flexibility index (Phi) is 14.2. The van der Waals surface area contributed by atoms with Crippen molar-refractivity contribution in [3.63, 3.8) is 0 Å². The van der Waals surface area contributed by atoms with E-state index < -0.39 is 91.8 Å². The minimum atomic E-state index is -1.52. The molecule has 0 saturated heterocycles. The second-order valence-corrected chi connectivity index (χ2v) is 7.58. The molecule has 0 aromatic rings. The predicted octanol–water partition coefficient (Wildman–Crippen LogP) is -2.08. The van der Waals surface area contributed by atoms with Gasteiger partial charge in [0, 0.05) is 0 Å². The van der Waals surface area contributed by atoms with Crippen LogP contribution in [0.4, 0.5) is 0 Å². The van der Waals surface area contributed by atoms with Crippen LogP contribution in [0, 0.1) is 0 Å². The summed E-state index contributed by atoms with van der Waals surface area (Å²) in [6, 6.07) is 0. The lowest BCUT2D eigenvalue weighted by Crippen LogP contribution is -2.39. The van der Waals surface area contributed by atoms with Gasteiger partial charge in [0.1, 0.15) is 31.5 Å². The molecule has 0 rings (SSSR count). The van der Waals surface area contributed by atoms with Crippen molar-refractivity contribution in [2.45, 2.75) is 84.3 Å². The van der Waals surface area contributed by atoms with E-state index in [-0.39, 0.29) is 0 Å². The summed E-state index contributed by atoms with van der Waals surface area (Å²) in [5, 5.41) is 27.5. The van der Waals surface area contributed by atoms with Gasteiger partial charge in [-0.2, -0.15) is 0 Å². The summed E-state index contributed by atoms with van der Waals surface area (Å²) in [6.07, 6.45) is -10.4. The molecule has 0 fully saturated rings. The Morgan fingerprint density at radius 3 is 1.03 bits per heavy atom. The fraction of sp³-hybridized carbons (Fsp3) is 0.714. The Balaban J connectivity index is 5.21. The van der Waals surface area contributed by atoms with Crippen LogP contribution in [0.1, 0.15) is 41.5 Å². The van der Waals surface area contributed by atoms with Crippen molar-refractivity contribution in [3.8, 4) is 0 Å². The Bertz CT molecular complexity index is 744. The van der Waals surface area contributed by atoms with E-state index in [9.17, 15) is 33.9 Å². The van der Waals surface area contributed by atoms with Crippen molar-refractivity contribution in [1.29, 1.82) is 0 Å². The summed E-state index contributed by atoms with van der Waals surface area (Å²) < 4.78 is 28.9. The molecule has 0 saturated carbocycles. The van der Waals surface area contributed by atoms with Crippen molar-refractivity contribution >= 4 is 35.8 Å². The van der Waals surface area contributed by atoms with E-state index in [1.165, 1.54) is 0 Å². The van der Waals surface area contributed by atoms with Gasteiger partial charge >= 0.3 is 35.8 Å². The summed E-state index contributed by atoms with van der Waals surface area (Å²) >= 11 is 0. The molecule has 0 aliphatic carbocycles. The fourth-order valence-electron chi connectivity index (χ4n) is 1.92. The van der Waals surface area contributed by atoms with E-state index in [4.69, 9.17) is 29.2 Å². The predicted molar refractivity (Wildman–Crippen MR) is 114 cm³/mol. The Labute approximate surface area is 206 Å². The molecule has 36 heavy (non-hydrogen) atoms. The van der Waals surface area contributed by atoms with Crippen LogP contribution in [0.5, 0.6) is 0 Å². The molecule has 6 unspecified atom stereocenters. The number of carbonyl (C=O) groups excluding carboxylic acids is 6. The Hall–Kier alpha value is -3.30. The summed E-state index contributed by atoms with van der Waals surface area (Å²) in [4.78, 5) is 70.6. The van der Waals surface area contributed by atoms with Gasteiger partial charge in [-0.1, -0.05) is 0 Å². The second kappa shape index (κ2) is 15.6. The maximum Gasteiger partial charge on any atom is 0.347 e. The summed E-state index contributed by atoms with van der Waals surface area (Å²) in [5.41, 5.74) is 0. The largest absolute Gasteiger partial charge is 0.459 e. The third-order valence-electron chi connectivity index (χ3n) is 4.00. The van der Waals surface area contributed by atoms with Gasteiger partial charge in [0.05, 0.1) is 0 Å². The third kappa shape index (κ3) is 12.4. The normalized spacial score (nSPS) is 16.6. The van der Waals surface area contributed by atoms with Gasteiger partial charge in [-0.3, -0.25) is 0 Å².